The van der Waals surface area contributed by atoms with Crippen LogP contribution in [0.25, 0.3) is 0 Å². The maximum atomic E-state index is 12.5. The smallest absolute Gasteiger partial charge is 0.257 e. The molecule has 1 aliphatic rings. The van der Waals surface area contributed by atoms with Crippen LogP contribution < -0.4 is 0 Å². The van der Waals surface area contributed by atoms with Gasteiger partial charge in [-0.05, 0) is 19.8 Å². The highest BCUT2D eigenvalue weighted by Gasteiger charge is 2.26. The highest BCUT2D eigenvalue weighted by atomic mass is 16.2. The Morgan fingerprint density at radius 2 is 2.29 bits per heavy atom. The van der Waals surface area contributed by atoms with Gasteiger partial charge in [-0.1, -0.05) is 0 Å². The van der Waals surface area contributed by atoms with E-state index >= 15 is 0 Å². The van der Waals surface area contributed by atoms with Crippen LogP contribution in [0.1, 0.15) is 41.7 Å². The van der Waals surface area contributed by atoms with Crippen LogP contribution in [0, 0.1) is 0 Å². The van der Waals surface area contributed by atoms with E-state index in [1.165, 1.54) is 0 Å². The summed E-state index contributed by atoms with van der Waals surface area (Å²) in [5.74, 6) is 0.334. The predicted molar refractivity (Wildman–Crippen MR) is 77.8 cm³/mol. The fraction of sp³-hybridized carbons (Fsp3) is 0.467. The quantitative estimate of drug-likeness (QED) is 0.861. The molecule has 2 aromatic heterocycles. The van der Waals surface area contributed by atoms with Gasteiger partial charge in [-0.25, -0.2) is 0 Å². The molecular formula is C15H19N5O. The number of aromatic nitrogens is 4. The Kier molecular flexibility index (Phi) is 3.94. The van der Waals surface area contributed by atoms with Crippen LogP contribution in [0.3, 0.4) is 0 Å². The molecule has 3 rings (SSSR count). The third-order valence-corrected chi connectivity index (χ3v) is 3.91. The van der Waals surface area contributed by atoms with Crippen molar-refractivity contribution in [3.63, 3.8) is 0 Å². The van der Waals surface area contributed by atoms with E-state index in [4.69, 9.17) is 0 Å². The number of nitrogens with zero attached hydrogens (tertiary/aromatic N) is 5. The lowest BCUT2D eigenvalue weighted by molar-refractivity contribution is 0.0705. The minimum atomic E-state index is 0.0586. The van der Waals surface area contributed by atoms with Gasteiger partial charge < -0.3 is 4.90 Å². The molecule has 0 spiro atoms. The van der Waals surface area contributed by atoms with Crippen LogP contribution in [0.4, 0.5) is 0 Å². The number of carbonyl (C=O) groups is 1. The van der Waals surface area contributed by atoms with E-state index < -0.39 is 0 Å². The summed E-state index contributed by atoms with van der Waals surface area (Å²) in [6.07, 6.45) is 10.7. The maximum Gasteiger partial charge on any atom is 0.257 e. The third kappa shape index (κ3) is 2.94. The summed E-state index contributed by atoms with van der Waals surface area (Å²) in [5, 5.41) is 4.17. The average Bonchev–Trinajstić information content (AvgIpc) is 3.04. The standard InChI is InChI=1S/C15H19N5O/c1-2-20-11-13(8-18-20)15(21)19-7-3-4-12(10-19)14-9-16-5-6-17-14/h5-6,8-9,11-12H,2-4,7,10H2,1H3/t12-/m0/s1. The van der Waals surface area contributed by atoms with Crippen molar-refractivity contribution in [3.8, 4) is 0 Å². The predicted octanol–water partition coefficient (Wildman–Crippen LogP) is 1.71. The lowest BCUT2D eigenvalue weighted by Gasteiger charge is -2.32. The first-order valence-electron chi connectivity index (χ1n) is 7.35. The van der Waals surface area contributed by atoms with Gasteiger partial charge in [0.1, 0.15) is 0 Å². The average molecular weight is 285 g/mol. The van der Waals surface area contributed by atoms with Crippen molar-refractivity contribution in [1.82, 2.24) is 24.6 Å². The molecule has 2 aromatic rings. The van der Waals surface area contributed by atoms with E-state index in [0.29, 0.717) is 12.1 Å². The first-order chi connectivity index (χ1) is 10.3. The Morgan fingerprint density at radius 3 is 3.00 bits per heavy atom. The van der Waals surface area contributed by atoms with Gasteiger partial charge in [0, 0.05) is 50.3 Å². The zero-order valence-corrected chi connectivity index (χ0v) is 12.1. The van der Waals surface area contributed by atoms with Crippen molar-refractivity contribution in [3.05, 3.63) is 42.2 Å². The van der Waals surface area contributed by atoms with Gasteiger partial charge in [0.2, 0.25) is 0 Å². The van der Waals surface area contributed by atoms with Crippen LogP contribution in [0.15, 0.2) is 31.0 Å². The minimum Gasteiger partial charge on any atom is -0.338 e. The van der Waals surface area contributed by atoms with E-state index in [0.717, 1.165) is 31.6 Å². The lowest BCUT2D eigenvalue weighted by Crippen LogP contribution is -2.39. The van der Waals surface area contributed by atoms with Gasteiger partial charge in [-0.15, -0.1) is 0 Å². The Labute approximate surface area is 123 Å². The molecule has 21 heavy (non-hydrogen) atoms. The van der Waals surface area contributed by atoms with Gasteiger partial charge in [-0.2, -0.15) is 5.10 Å². The number of aryl methyl sites for hydroxylation is 1. The molecule has 3 heterocycles. The molecule has 0 N–H and O–H groups in total. The normalized spacial score (nSPS) is 18.7. The van der Waals surface area contributed by atoms with Crippen molar-refractivity contribution in [2.45, 2.75) is 32.2 Å². The van der Waals surface area contributed by atoms with E-state index in [2.05, 4.69) is 15.1 Å². The summed E-state index contributed by atoms with van der Waals surface area (Å²) >= 11 is 0. The van der Waals surface area contributed by atoms with Crippen LogP contribution >= 0.6 is 0 Å². The van der Waals surface area contributed by atoms with E-state index in [1.54, 1.807) is 29.5 Å². The molecular weight excluding hydrogens is 266 g/mol. The number of hydrogen-bond acceptors (Lipinski definition) is 4. The molecule has 0 saturated carbocycles. The zero-order valence-electron chi connectivity index (χ0n) is 12.1. The largest absolute Gasteiger partial charge is 0.338 e. The molecule has 1 fully saturated rings. The number of hydrogen-bond donors (Lipinski definition) is 0. The lowest BCUT2D eigenvalue weighted by atomic mass is 9.94. The number of carbonyl (C=O) groups excluding carboxylic acids is 1. The van der Waals surface area contributed by atoms with Gasteiger partial charge in [-0.3, -0.25) is 19.4 Å². The number of likely N-dealkylation sites (tertiary alicyclic amines) is 1. The highest BCUT2D eigenvalue weighted by Crippen LogP contribution is 2.25. The molecule has 0 bridgehead atoms. The summed E-state index contributed by atoms with van der Waals surface area (Å²) < 4.78 is 1.78. The summed E-state index contributed by atoms with van der Waals surface area (Å²) in [5.41, 5.74) is 1.64. The number of amides is 1. The first kappa shape index (κ1) is 13.7. The van der Waals surface area contributed by atoms with Gasteiger partial charge in [0.15, 0.2) is 0 Å². The highest BCUT2D eigenvalue weighted by molar-refractivity contribution is 5.93. The van der Waals surface area contributed by atoms with E-state index in [1.807, 2.05) is 18.0 Å². The van der Waals surface area contributed by atoms with Crippen molar-refractivity contribution >= 4 is 5.91 Å². The Morgan fingerprint density at radius 1 is 1.38 bits per heavy atom. The third-order valence-electron chi connectivity index (χ3n) is 3.91. The van der Waals surface area contributed by atoms with Gasteiger partial charge in [0.05, 0.1) is 17.5 Å². The fourth-order valence-electron chi connectivity index (χ4n) is 2.75. The minimum absolute atomic E-state index is 0.0586. The molecule has 0 unspecified atom stereocenters. The van der Waals surface area contributed by atoms with Crippen LogP contribution in [-0.2, 0) is 6.54 Å². The van der Waals surface area contributed by atoms with Crippen molar-refractivity contribution in [1.29, 1.82) is 0 Å². The van der Waals surface area contributed by atoms with Gasteiger partial charge in [0.25, 0.3) is 5.91 Å². The van der Waals surface area contributed by atoms with Crippen LogP contribution in [-0.4, -0.2) is 43.6 Å². The molecule has 0 aromatic carbocycles. The summed E-state index contributed by atoms with van der Waals surface area (Å²) in [7, 11) is 0. The Bertz CT molecular complexity index is 610. The molecule has 1 atom stereocenters. The van der Waals surface area contributed by atoms with Gasteiger partial charge >= 0.3 is 0 Å². The molecule has 110 valence electrons. The SMILES string of the molecule is CCn1cc(C(=O)N2CCC[C@H](c3cnccn3)C2)cn1. The molecule has 1 aliphatic heterocycles. The summed E-state index contributed by atoms with van der Waals surface area (Å²) in [4.78, 5) is 22.9. The second kappa shape index (κ2) is 6.03. The monoisotopic (exact) mass is 285 g/mol. The van der Waals surface area contributed by atoms with Crippen molar-refractivity contribution < 1.29 is 4.79 Å². The maximum absolute atomic E-state index is 12.5. The summed E-state index contributed by atoms with van der Waals surface area (Å²) in [6.45, 7) is 4.28. The molecule has 1 saturated heterocycles. The second-order valence-electron chi connectivity index (χ2n) is 5.31. The van der Waals surface area contributed by atoms with E-state index in [-0.39, 0.29) is 11.8 Å². The first-order valence-corrected chi connectivity index (χ1v) is 7.35. The molecule has 1 amide bonds. The Balaban J connectivity index is 1.72. The van der Waals surface area contributed by atoms with Crippen LogP contribution in [0.2, 0.25) is 0 Å². The molecule has 0 aliphatic carbocycles. The second-order valence-corrected chi connectivity index (χ2v) is 5.31. The number of piperidine rings is 1. The molecule has 0 radical (unpaired) electrons. The topological polar surface area (TPSA) is 63.9 Å². The van der Waals surface area contributed by atoms with Crippen molar-refractivity contribution in [2.24, 2.45) is 0 Å². The molecule has 6 nitrogen and oxygen atoms in total. The fourth-order valence-corrected chi connectivity index (χ4v) is 2.75. The zero-order chi connectivity index (χ0) is 14.7. The Hall–Kier alpha value is -2.24. The van der Waals surface area contributed by atoms with E-state index in [9.17, 15) is 4.79 Å². The van der Waals surface area contributed by atoms with Crippen LogP contribution in [0.5, 0.6) is 0 Å². The van der Waals surface area contributed by atoms with Crippen molar-refractivity contribution in [2.75, 3.05) is 13.1 Å². The molecule has 6 heteroatoms. The number of rotatable bonds is 3. The summed E-state index contributed by atoms with van der Waals surface area (Å²) in [6, 6.07) is 0.